The first-order valence-electron chi connectivity index (χ1n) is 9.20. The number of unbranched alkanes of at least 4 members (excludes halogenated alkanes) is 2. The lowest BCUT2D eigenvalue weighted by molar-refractivity contribution is 0.0971. The molecule has 0 aliphatic heterocycles. The van der Waals surface area contributed by atoms with Crippen LogP contribution in [0.5, 0.6) is 23.0 Å². The van der Waals surface area contributed by atoms with E-state index in [1.54, 1.807) is 0 Å². The molecule has 1 unspecified atom stereocenters. The number of methoxy groups -OCH3 is 1. The van der Waals surface area contributed by atoms with Crippen LogP contribution in [0, 0.1) is 0 Å². The molecule has 0 spiro atoms. The second-order valence-corrected chi connectivity index (χ2v) is 7.71. The van der Waals surface area contributed by atoms with Crippen LogP contribution in [0.2, 0.25) is 0 Å². The van der Waals surface area contributed by atoms with E-state index in [-0.39, 0.29) is 44.5 Å². The SMILES string of the molecule is CCCCCC(O)c1c(O)cc2c(c1O)C(=O)c1c(cc(OC)c(Br)c1O)C2=O. The number of ketones is 2. The first kappa shape index (κ1) is 21.1. The third-order valence-corrected chi connectivity index (χ3v) is 5.87. The molecule has 1 atom stereocenters. The highest BCUT2D eigenvalue weighted by Gasteiger charge is 2.38. The van der Waals surface area contributed by atoms with Crippen LogP contribution in [-0.4, -0.2) is 39.1 Å². The van der Waals surface area contributed by atoms with E-state index in [0.29, 0.717) is 6.42 Å². The summed E-state index contributed by atoms with van der Waals surface area (Å²) in [5.41, 5.74) is -1.13. The third kappa shape index (κ3) is 3.36. The van der Waals surface area contributed by atoms with Gasteiger partial charge in [0.05, 0.1) is 29.9 Å². The highest BCUT2D eigenvalue weighted by molar-refractivity contribution is 9.10. The summed E-state index contributed by atoms with van der Waals surface area (Å²) in [6, 6.07) is 2.38. The van der Waals surface area contributed by atoms with Gasteiger partial charge in [-0.3, -0.25) is 9.59 Å². The van der Waals surface area contributed by atoms with Crippen molar-refractivity contribution in [3.05, 3.63) is 44.4 Å². The molecule has 1 aliphatic carbocycles. The highest BCUT2D eigenvalue weighted by Crippen LogP contribution is 2.47. The molecule has 0 bridgehead atoms. The molecular formula is C21H21BrO7. The molecular weight excluding hydrogens is 444 g/mol. The topological polar surface area (TPSA) is 124 Å². The maximum atomic E-state index is 13.1. The van der Waals surface area contributed by atoms with E-state index in [2.05, 4.69) is 15.9 Å². The van der Waals surface area contributed by atoms with Crippen molar-refractivity contribution in [2.45, 2.75) is 38.7 Å². The fourth-order valence-electron chi connectivity index (χ4n) is 3.59. The number of carbonyl (C=O) groups is 2. The number of aromatic hydroxyl groups is 3. The van der Waals surface area contributed by atoms with Crippen LogP contribution in [0.25, 0.3) is 0 Å². The van der Waals surface area contributed by atoms with Gasteiger partial charge in [0, 0.05) is 11.1 Å². The van der Waals surface area contributed by atoms with Crippen molar-refractivity contribution in [3.8, 4) is 23.0 Å². The number of hydrogen-bond donors (Lipinski definition) is 4. The van der Waals surface area contributed by atoms with Gasteiger partial charge in [-0.05, 0) is 34.5 Å². The van der Waals surface area contributed by atoms with Gasteiger partial charge in [-0.25, -0.2) is 0 Å². The van der Waals surface area contributed by atoms with Crippen LogP contribution in [-0.2, 0) is 0 Å². The highest BCUT2D eigenvalue weighted by atomic mass is 79.9. The van der Waals surface area contributed by atoms with Crippen molar-refractivity contribution in [3.63, 3.8) is 0 Å². The van der Waals surface area contributed by atoms with Crippen molar-refractivity contribution in [1.29, 1.82) is 0 Å². The zero-order valence-electron chi connectivity index (χ0n) is 16.0. The Morgan fingerprint density at radius 1 is 1.00 bits per heavy atom. The van der Waals surface area contributed by atoms with Crippen molar-refractivity contribution in [2.24, 2.45) is 0 Å². The molecule has 0 saturated carbocycles. The average molecular weight is 465 g/mol. The number of halogens is 1. The molecule has 7 nitrogen and oxygen atoms in total. The molecule has 0 saturated heterocycles. The molecule has 0 fully saturated rings. The van der Waals surface area contributed by atoms with Crippen LogP contribution in [0.4, 0.5) is 0 Å². The predicted octanol–water partition coefficient (Wildman–Crippen LogP) is 3.96. The Bertz CT molecular complexity index is 1010. The molecule has 3 rings (SSSR count). The van der Waals surface area contributed by atoms with E-state index < -0.39 is 34.9 Å². The minimum Gasteiger partial charge on any atom is -0.507 e. The van der Waals surface area contributed by atoms with Gasteiger partial charge in [-0.1, -0.05) is 26.2 Å². The zero-order valence-corrected chi connectivity index (χ0v) is 17.5. The second-order valence-electron chi connectivity index (χ2n) is 6.91. The Kier molecular flexibility index (Phi) is 5.86. The van der Waals surface area contributed by atoms with E-state index in [0.717, 1.165) is 18.9 Å². The normalized spacial score (nSPS) is 13.8. The molecule has 0 amide bonds. The molecule has 29 heavy (non-hydrogen) atoms. The van der Waals surface area contributed by atoms with Crippen LogP contribution >= 0.6 is 15.9 Å². The Balaban J connectivity index is 2.18. The quantitative estimate of drug-likeness (QED) is 0.406. The molecule has 0 aromatic heterocycles. The summed E-state index contributed by atoms with van der Waals surface area (Å²) in [5, 5.41) is 42.0. The van der Waals surface area contributed by atoms with E-state index >= 15 is 0 Å². The molecule has 2 aromatic carbocycles. The Hall–Kier alpha value is -2.58. The Labute approximate surface area is 175 Å². The largest absolute Gasteiger partial charge is 0.507 e. The Morgan fingerprint density at radius 2 is 1.62 bits per heavy atom. The fourth-order valence-corrected chi connectivity index (χ4v) is 4.06. The monoisotopic (exact) mass is 464 g/mol. The van der Waals surface area contributed by atoms with Crippen LogP contribution in [0.1, 0.15) is 76.1 Å². The summed E-state index contributed by atoms with van der Waals surface area (Å²) in [7, 11) is 1.35. The lowest BCUT2D eigenvalue weighted by Gasteiger charge is -2.24. The van der Waals surface area contributed by atoms with Gasteiger partial charge in [-0.2, -0.15) is 0 Å². The van der Waals surface area contributed by atoms with Gasteiger partial charge >= 0.3 is 0 Å². The van der Waals surface area contributed by atoms with Gasteiger partial charge in [0.2, 0.25) is 5.78 Å². The molecule has 4 N–H and O–H groups in total. The summed E-state index contributed by atoms with van der Waals surface area (Å²) in [6.45, 7) is 2.00. The minimum absolute atomic E-state index is 0.0986. The van der Waals surface area contributed by atoms with E-state index in [1.807, 2.05) is 6.92 Å². The first-order valence-corrected chi connectivity index (χ1v) is 9.99. The number of fused-ring (bicyclic) bond motifs is 2. The fraction of sp³-hybridized carbons (Fsp3) is 0.333. The van der Waals surface area contributed by atoms with Crippen molar-refractivity contribution in [1.82, 2.24) is 0 Å². The molecule has 0 radical (unpaired) electrons. The van der Waals surface area contributed by atoms with Crippen LogP contribution in [0.15, 0.2) is 16.6 Å². The van der Waals surface area contributed by atoms with Gasteiger partial charge in [0.15, 0.2) is 5.78 Å². The van der Waals surface area contributed by atoms with Crippen molar-refractivity contribution >= 4 is 27.5 Å². The lowest BCUT2D eigenvalue weighted by atomic mass is 9.81. The number of aliphatic hydroxyl groups excluding tert-OH is 1. The number of ether oxygens (including phenoxy) is 1. The number of carbonyl (C=O) groups excluding carboxylic acids is 2. The summed E-state index contributed by atoms with van der Waals surface area (Å²) in [6.07, 6.45) is 1.53. The standard InChI is InChI=1S/C21H21BrO7/c1-3-4-5-6-11(23)16-12(24)7-9-14(20(16)27)19(26)15-10(18(9)25)8-13(29-2)17(22)21(15)28/h7-8,11,23-24,27-28H,3-6H2,1-2H3. The van der Waals surface area contributed by atoms with E-state index in [4.69, 9.17) is 4.74 Å². The smallest absolute Gasteiger partial charge is 0.202 e. The third-order valence-electron chi connectivity index (χ3n) is 5.10. The molecule has 1 aliphatic rings. The predicted molar refractivity (Wildman–Crippen MR) is 108 cm³/mol. The maximum Gasteiger partial charge on any atom is 0.202 e. The molecule has 2 aromatic rings. The van der Waals surface area contributed by atoms with Gasteiger partial charge < -0.3 is 25.2 Å². The first-order chi connectivity index (χ1) is 13.7. The molecule has 154 valence electrons. The number of phenolic OH excluding ortho intramolecular Hbond substituents is 3. The number of rotatable bonds is 6. The second kappa shape index (κ2) is 8.04. The van der Waals surface area contributed by atoms with Gasteiger partial charge in [-0.15, -0.1) is 0 Å². The zero-order chi connectivity index (χ0) is 21.5. The number of aliphatic hydroxyl groups is 1. The lowest BCUT2D eigenvalue weighted by Crippen LogP contribution is -2.22. The number of benzene rings is 2. The summed E-state index contributed by atoms with van der Waals surface area (Å²) in [4.78, 5) is 26.1. The Morgan fingerprint density at radius 3 is 2.24 bits per heavy atom. The number of hydrogen-bond acceptors (Lipinski definition) is 7. The van der Waals surface area contributed by atoms with Gasteiger partial charge in [0.25, 0.3) is 0 Å². The van der Waals surface area contributed by atoms with E-state index in [9.17, 15) is 30.0 Å². The summed E-state index contributed by atoms with van der Waals surface area (Å²) in [5.74, 6) is -2.89. The number of phenols is 3. The summed E-state index contributed by atoms with van der Waals surface area (Å²) < 4.78 is 5.20. The summed E-state index contributed by atoms with van der Waals surface area (Å²) >= 11 is 3.13. The van der Waals surface area contributed by atoms with E-state index in [1.165, 1.54) is 13.2 Å². The van der Waals surface area contributed by atoms with Crippen molar-refractivity contribution < 1.29 is 34.8 Å². The average Bonchev–Trinajstić information content (AvgIpc) is 2.67. The van der Waals surface area contributed by atoms with Crippen molar-refractivity contribution in [2.75, 3.05) is 7.11 Å². The van der Waals surface area contributed by atoms with Crippen LogP contribution in [0.3, 0.4) is 0 Å². The molecule has 0 heterocycles. The maximum absolute atomic E-state index is 13.1. The van der Waals surface area contributed by atoms with Gasteiger partial charge in [0.1, 0.15) is 27.5 Å². The minimum atomic E-state index is -1.20. The molecule has 8 heteroatoms. The van der Waals surface area contributed by atoms with Crippen LogP contribution < -0.4 is 4.74 Å².